The third-order valence-corrected chi connectivity index (χ3v) is 0. The van der Waals surface area contributed by atoms with Gasteiger partial charge in [0, 0.05) is 38.5 Å². The van der Waals surface area contributed by atoms with Crippen molar-refractivity contribution >= 4 is 40.5 Å². The molecule has 0 fully saturated rings. The molecule has 0 aliphatic heterocycles. The van der Waals surface area contributed by atoms with E-state index in [9.17, 15) is 0 Å². The van der Waals surface area contributed by atoms with Gasteiger partial charge in [0.2, 0.25) is 0 Å². The first-order valence-electron chi connectivity index (χ1n) is 0. The molecule has 0 saturated carbocycles. The minimum absolute atomic E-state index is 0. The van der Waals surface area contributed by atoms with Crippen LogP contribution < -0.4 is 0 Å². The van der Waals surface area contributed by atoms with Gasteiger partial charge in [-0.3, -0.25) is 0 Å². The first-order chi connectivity index (χ1) is 0. The molecule has 0 aliphatic rings. The van der Waals surface area contributed by atoms with Crippen molar-refractivity contribution in [3.05, 3.63) is 0 Å². The molecule has 0 nitrogen and oxygen atoms in total. The normalized spacial score (nSPS) is 0. The number of hydrogen-bond acceptors (Lipinski definition) is 0. The van der Waals surface area contributed by atoms with E-state index in [4.69, 9.17) is 0 Å². The molecule has 0 bridgehead atoms. The van der Waals surface area contributed by atoms with Gasteiger partial charge in [-0.1, -0.05) is 0 Å². The van der Waals surface area contributed by atoms with Gasteiger partial charge in [0.15, 0.2) is 0 Å². The SMILES string of the molecule is [Co].[NaH].[SiH4].[Ti]. The zero-order chi connectivity index (χ0) is 0. The second-order valence-electron chi connectivity index (χ2n) is 0. The van der Waals surface area contributed by atoms with Gasteiger partial charge >= 0.3 is 29.6 Å². The van der Waals surface area contributed by atoms with Crippen molar-refractivity contribution in [2.75, 3.05) is 0 Å². The van der Waals surface area contributed by atoms with Crippen molar-refractivity contribution in [3.8, 4) is 0 Å². The molecule has 4 heteroatoms. The zero-order valence-electron chi connectivity index (χ0n) is 0.833. The van der Waals surface area contributed by atoms with Crippen LogP contribution in [-0.4, -0.2) is 40.5 Å². The third-order valence-electron chi connectivity index (χ3n) is 0. The summed E-state index contributed by atoms with van der Waals surface area (Å²) >= 11 is 0. The maximum Gasteiger partial charge on any atom is 0 e. The summed E-state index contributed by atoms with van der Waals surface area (Å²) in [6.07, 6.45) is 0. The molecule has 0 N–H and O–H groups in total. The van der Waals surface area contributed by atoms with Crippen molar-refractivity contribution < 1.29 is 38.5 Å². The van der Waals surface area contributed by atoms with Crippen LogP contribution in [0.25, 0.3) is 0 Å². The van der Waals surface area contributed by atoms with Gasteiger partial charge in [-0.25, -0.2) is 0 Å². The van der Waals surface area contributed by atoms with Gasteiger partial charge in [0.1, 0.15) is 0 Å². The largest absolute Gasteiger partial charge is 0.0149 e. The van der Waals surface area contributed by atoms with E-state index in [2.05, 4.69) is 0 Å². The molecule has 0 unspecified atom stereocenters. The first-order valence-corrected chi connectivity index (χ1v) is 0. The second-order valence-corrected chi connectivity index (χ2v) is 0. The predicted molar refractivity (Wildman–Crippen MR) is 18.5 cm³/mol. The van der Waals surface area contributed by atoms with Crippen LogP contribution in [0.2, 0.25) is 0 Å². The molecular formula is H5CoNaSiTi. The van der Waals surface area contributed by atoms with E-state index < -0.39 is 0 Å². The smallest absolute Gasteiger partial charge is 0 e. The van der Waals surface area contributed by atoms with Crippen LogP contribution in [0, 0.1) is 0 Å². The molecule has 23 valence electrons. The molecule has 4 heavy (non-hydrogen) atoms. The summed E-state index contributed by atoms with van der Waals surface area (Å²) in [5, 5.41) is 0. The van der Waals surface area contributed by atoms with Crippen LogP contribution in [0.3, 0.4) is 0 Å². The van der Waals surface area contributed by atoms with E-state index in [1.807, 2.05) is 0 Å². The van der Waals surface area contributed by atoms with Crippen molar-refractivity contribution in [2.24, 2.45) is 0 Å². The minimum atomic E-state index is 0. The van der Waals surface area contributed by atoms with E-state index >= 15 is 0 Å². The summed E-state index contributed by atoms with van der Waals surface area (Å²) in [5.41, 5.74) is 0. The fourth-order valence-electron chi connectivity index (χ4n) is 0. The average molecular weight is 163 g/mol. The molecule has 0 spiro atoms. The van der Waals surface area contributed by atoms with Crippen LogP contribution >= 0.6 is 0 Å². The van der Waals surface area contributed by atoms with E-state index in [1.165, 1.54) is 0 Å². The predicted octanol–water partition coefficient (Wildman–Crippen LogP) is -2.11. The topological polar surface area (TPSA) is 0 Å². The summed E-state index contributed by atoms with van der Waals surface area (Å²) in [6, 6.07) is 0. The van der Waals surface area contributed by atoms with E-state index in [0.29, 0.717) is 0 Å². The summed E-state index contributed by atoms with van der Waals surface area (Å²) in [7, 11) is 0. The van der Waals surface area contributed by atoms with E-state index in [1.54, 1.807) is 0 Å². The molecule has 0 aromatic heterocycles. The molecular weight excluding hydrogens is 158 g/mol. The Hall–Kier alpha value is 2.44. The van der Waals surface area contributed by atoms with Gasteiger partial charge in [0.05, 0.1) is 0 Å². The molecule has 0 aromatic carbocycles. The number of rotatable bonds is 0. The van der Waals surface area contributed by atoms with Crippen molar-refractivity contribution in [1.82, 2.24) is 0 Å². The van der Waals surface area contributed by atoms with Crippen LogP contribution in [0.1, 0.15) is 0 Å². The summed E-state index contributed by atoms with van der Waals surface area (Å²) in [5.74, 6) is 0. The van der Waals surface area contributed by atoms with Crippen molar-refractivity contribution in [2.45, 2.75) is 0 Å². The Morgan fingerprint density at radius 3 is 1.00 bits per heavy atom. The maximum absolute atomic E-state index is 0. The molecule has 0 aromatic rings. The van der Waals surface area contributed by atoms with E-state index in [0.717, 1.165) is 0 Å². The quantitative estimate of drug-likeness (QED) is 0.358. The molecule has 0 amide bonds. The third kappa shape index (κ3) is 8.83. The molecule has 0 rings (SSSR count). The fraction of sp³-hybridized carbons (Fsp3) is 0. The first kappa shape index (κ1) is 32.0. The molecule has 0 aliphatic carbocycles. The Labute approximate surface area is 77.9 Å². The summed E-state index contributed by atoms with van der Waals surface area (Å²) in [4.78, 5) is 0. The summed E-state index contributed by atoms with van der Waals surface area (Å²) < 4.78 is 0. The summed E-state index contributed by atoms with van der Waals surface area (Å²) in [6.45, 7) is 0. The fourth-order valence-corrected chi connectivity index (χ4v) is 0. The van der Waals surface area contributed by atoms with Gasteiger partial charge in [-0.2, -0.15) is 0 Å². The molecule has 1 radical (unpaired) electrons. The molecule has 0 atom stereocenters. The van der Waals surface area contributed by atoms with Crippen LogP contribution in [0.4, 0.5) is 0 Å². The second kappa shape index (κ2) is 18.0. The monoisotopic (exact) mass is 163 g/mol. The van der Waals surface area contributed by atoms with Crippen molar-refractivity contribution in [3.63, 3.8) is 0 Å². The Morgan fingerprint density at radius 2 is 1.00 bits per heavy atom. The van der Waals surface area contributed by atoms with Gasteiger partial charge in [-0.15, -0.1) is 0 Å². The Kier molecular flexibility index (Phi) is 144. The van der Waals surface area contributed by atoms with Gasteiger partial charge < -0.3 is 0 Å². The van der Waals surface area contributed by atoms with Crippen LogP contribution in [0.5, 0.6) is 0 Å². The maximum atomic E-state index is 0. The van der Waals surface area contributed by atoms with Crippen molar-refractivity contribution in [1.29, 1.82) is 0 Å². The van der Waals surface area contributed by atoms with E-state index in [-0.39, 0.29) is 79.0 Å². The van der Waals surface area contributed by atoms with Gasteiger partial charge in [0.25, 0.3) is 0 Å². The average Bonchev–Trinajstić information content (AvgIpc) is 0. The Morgan fingerprint density at radius 1 is 1.00 bits per heavy atom. The van der Waals surface area contributed by atoms with Crippen LogP contribution in [-0.2, 0) is 38.5 Å². The minimum Gasteiger partial charge on any atom is -0.0149 e. The molecule has 0 saturated heterocycles. The number of hydrogen-bond donors (Lipinski definition) is 0. The van der Waals surface area contributed by atoms with Crippen LogP contribution in [0.15, 0.2) is 0 Å². The Bertz CT molecular complexity index is 8.00. The standard InChI is InChI=1S/Co.Na.H4Si.Ti.H/h;;1H4;;. The van der Waals surface area contributed by atoms with Gasteiger partial charge in [-0.05, 0) is 11.0 Å². The Balaban J connectivity index is 0. The molecule has 0 heterocycles. The zero-order valence-corrected chi connectivity index (χ0v) is 3.44.